The Balaban J connectivity index is 1.37. The molecule has 0 saturated heterocycles. The molecule has 0 aliphatic heterocycles. The van der Waals surface area contributed by atoms with Crippen molar-refractivity contribution in [3.05, 3.63) is 88.8 Å². The van der Waals surface area contributed by atoms with Crippen LogP contribution in [0, 0.1) is 0 Å². The number of tetrazole rings is 1. The molecule has 2 N–H and O–H groups in total. The Morgan fingerprint density at radius 1 is 1.00 bits per heavy atom. The van der Waals surface area contributed by atoms with Crippen LogP contribution < -0.4 is 10.6 Å². The summed E-state index contributed by atoms with van der Waals surface area (Å²) in [6.45, 7) is 0. The highest BCUT2D eigenvalue weighted by molar-refractivity contribution is 9.10. The first-order valence-electron chi connectivity index (χ1n) is 9.22. The van der Waals surface area contributed by atoms with Gasteiger partial charge in [0, 0.05) is 21.9 Å². The molecule has 4 rings (SSSR count). The van der Waals surface area contributed by atoms with Gasteiger partial charge in [-0.3, -0.25) is 9.59 Å². The van der Waals surface area contributed by atoms with Gasteiger partial charge in [0.15, 0.2) is 0 Å². The second-order valence-corrected chi connectivity index (χ2v) is 7.46. The number of halogens is 1. The van der Waals surface area contributed by atoms with Gasteiger partial charge >= 0.3 is 0 Å². The molecular weight excluding hydrogens is 462 g/mol. The number of nitrogens with zero attached hydrogens (tertiary/aromatic N) is 5. The number of carbonyl (C=O) groups is 2. The molecule has 0 fully saturated rings. The van der Waals surface area contributed by atoms with Crippen LogP contribution in [0.3, 0.4) is 0 Å². The summed E-state index contributed by atoms with van der Waals surface area (Å²) in [6, 6.07) is 17.5. The van der Waals surface area contributed by atoms with E-state index in [2.05, 4.69) is 47.1 Å². The summed E-state index contributed by atoms with van der Waals surface area (Å²) in [5, 5.41) is 16.6. The molecule has 2 amide bonds. The minimum absolute atomic E-state index is 0.190. The Hall–Kier alpha value is -3.92. The second kappa shape index (κ2) is 9.26. The number of aromatic nitrogens is 5. The zero-order valence-corrected chi connectivity index (χ0v) is 17.7. The molecule has 9 nitrogen and oxygen atoms in total. The van der Waals surface area contributed by atoms with E-state index in [0.717, 1.165) is 15.7 Å². The third-order valence-electron chi connectivity index (χ3n) is 4.29. The number of nitrogens with one attached hydrogen (secondary N) is 2. The number of rotatable bonds is 6. The predicted octanol–water partition coefficient (Wildman–Crippen LogP) is 3.25. The average Bonchev–Trinajstić information content (AvgIpc) is 3.31. The standard InChI is InChI=1S/C21H16BrN7O2/c22-16-6-9-19(23-12-16)26-21(31)15-2-1-3-17(11-15)25-20(30)10-14-4-7-18(8-5-14)29-13-24-27-28-29/h1-9,11-13H,10H2,(H,25,30)(H,23,26,31). The molecule has 0 spiro atoms. The maximum atomic E-state index is 12.5. The van der Waals surface area contributed by atoms with Crippen LogP contribution in [0.25, 0.3) is 5.69 Å². The first-order valence-corrected chi connectivity index (χ1v) is 10.0. The van der Waals surface area contributed by atoms with Crippen molar-refractivity contribution in [1.29, 1.82) is 0 Å². The van der Waals surface area contributed by atoms with Gasteiger partial charge in [0.2, 0.25) is 5.91 Å². The second-order valence-electron chi connectivity index (χ2n) is 6.54. The zero-order valence-electron chi connectivity index (χ0n) is 16.1. The van der Waals surface area contributed by atoms with Crippen LogP contribution in [0.1, 0.15) is 15.9 Å². The van der Waals surface area contributed by atoms with Crippen molar-refractivity contribution in [2.75, 3.05) is 10.6 Å². The molecule has 0 saturated carbocycles. The molecule has 31 heavy (non-hydrogen) atoms. The summed E-state index contributed by atoms with van der Waals surface area (Å²) in [6.07, 6.45) is 3.29. The Morgan fingerprint density at radius 3 is 2.55 bits per heavy atom. The summed E-state index contributed by atoms with van der Waals surface area (Å²) >= 11 is 3.30. The lowest BCUT2D eigenvalue weighted by atomic mass is 10.1. The van der Waals surface area contributed by atoms with Gasteiger partial charge in [-0.2, -0.15) is 0 Å². The molecule has 0 unspecified atom stereocenters. The topological polar surface area (TPSA) is 115 Å². The van der Waals surface area contributed by atoms with Crippen molar-refractivity contribution in [1.82, 2.24) is 25.2 Å². The lowest BCUT2D eigenvalue weighted by Gasteiger charge is -2.09. The van der Waals surface area contributed by atoms with Crippen LogP contribution in [0.2, 0.25) is 0 Å². The fourth-order valence-corrected chi connectivity index (χ4v) is 3.05. The van der Waals surface area contributed by atoms with Crippen LogP contribution in [0.4, 0.5) is 11.5 Å². The summed E-state index contributed by atoms with van der Waals surface area (Å²) < 4.78 is 2.35. The molecule has 154 valence electrons. The van der Waals surface area contributed by atoms with Gasteiger partial charge in [-0.05, 0) is 74.4 Å². The molecular formula is C21H16BrN7O2. The van der Waals surface area contributed by atoms with Gasteiger partial charge in [-0.1, -0.05) is 18.2 Å². The van der Waals surface area contributed by atoms with E-state index >= 15 is 0 Å². The summed E-state index contributed by atoms with van der Waals surface area (Å²) in [5.74, 6) is -0.0702. The highest BCUT2D eigenvalue weighted by Crippen LogP contribution is 2.15. The van der Waals surface area contributed by atoms with Gasteiger partial charge in [0.25, 0.3) is 5.91 Å². The molecule has 0 atom stereocenters. The maximum absolute atomic E-state index is 12.5. The van der Waals surface area contributed by atoms with Crippen molar-refractivity contribution in [2.45, 2.75) is 6.42 Å². The number of hydrogen-bond donors (Lipinski definition) is 2. The Morgan fingerprint density at radius 2 is 1.84 bits per heavy atom. The van der Waals surface area contributed by atoms with E-state index in [1.54, 1.807) is 42.6 Å². The summed E-state index contributed by atoms with van der Waals surface area (Å²) in [5.41, 5.74) is 2.58. The van der Waals surface area contributed by atoms with Crippen LogP contribution in [-0.2, 0) is 11.2 Å². The van der Waals surface area contributed by atoms with E-state index in [4.69, 9.17) is 0 Å². The van der Waals surface area contributed by atoms with Gasteiger partial charge in [-0.25, -0.2) is 9.67 Å². The molecule has 0 bridgehead atoms. The Bertz CT molecular complexity index is 1190. The first kappa shape index (κ1) is 20.4. The third-order valence-corrected chi connectivity index (χ3v) is 4.76. The highest BCUT2D eigenvalue weighted by atomic mass is 79.9. The minimum Gasteiger partial charge on any atom is -0.326 e. The number of anilines is 2. The average molecular weight is 478 g/mol. The zero-order chi connectivity index (χ0) is 21.6. The van der Waals surface area contributed by atoms with Gasteiger partial charge in [-0.15, -0.1) is 5.10 Å². The van der Waals surface area contributed by atoms with E-state index in [1.807, 2.05) is 24.3 Å². The first-order chi connectivity index (χ1) is 15.1. The molecule has 10 heteroatoms. The van der Waals surface area contributed by atoms with Crippen LogP contribution in [0.15, 0.2) is 77.7 Å². The molecule has 0 radical (unpaired) electrons. The van der Waals surface area contributed by atoms with E-state index < -0.39 is 0 Å². The maximum Gasteiger partial charge on any atom is 0.256 e. The number of benzene rings is 2. The number of pyridine rings is 1. The lowest BCUT2D eigenvalue weighted by molar-refractivity contribution is -0.115. The molecule has 0 aliphatic carbocycles. The normalized spacial score (nSPS) is 10.5. The van der Waals surface area contributed by atoms with Crippen molar-refractivity contribution >= 4 is 39.2 Å². The molecule has 2 aromatic heterocycles. The van der Waals surface area contributed by atoms with Crippen LogP contribution in [-0.4, -0.2) is 37.0 Å². The van der Waals surface area contributed by atoms with Crippen LogP contribution in [0.5, 0.6) is 0 Å². The van der Waals surface area contributed by atoms with Gasteiger partial charge < -0.3 is 10.6 Å². The molecule has 2 aromatic carbocycles. The fraction of sp³-hybridized carbons (Fsp3) is 0.0476. The monoisotopic (exact) mass is 477 g/mol. The molecule has 2 heterocycles. The van der Waals surface area contributed by atoms with Crippen LogP contribution >= 0.6 is 15.9 Å². The smallest absolute Gasteiger partial charge is 0.256 e. The SMILES string of the molecule is O=C(Cc1ccc(-n2cnnn2)cc1)Nc1cccc(C(=O)Nc2ccc(Br)cn2)c1. The van der Waals surface area contributed by atoms with E-state index in [-0.39, 0.29) is 18.2 Å². The van der Waals surface area contributed by atoms with E-state index in [1.165, 1.54) is 11.0 Å². The Kier molecular flexibility index (Phi) is 6.08. The van der Waals surface area contributed by atoms with Crippen molar-refractivity contribution < 1.29 is 9.59 Å². The van der Waals surface area contributed by atoms with E-state index in [9.17, 15) is 9.59 Å². The molecule has 0 aliphatic rings. The summed E-state index contributed by atoms with van der Waals surface area (Å²) in [4.78, 5) is 29.0. The summed E-state index contributed by atoms with van der Waals surface area (Å²) in [7, 11) is 0. The van der Waals surface area contributed by atoms with Gasteiger partial charge in [0.05, 0.1) is 12.1 Å². The van der Waals surface area contributed by atoms with Crippen molar-refractivity contribution in [3.8, 4) is 5.69 Å². The van der Waals surface area contributed by atoms with Gasteiger partial charge in [0.1, 0.15) is 12.1 Å². The quantitative estimate of drug-likeness (QED) is 0.440. The minimum atomic E-state index is -0.316. The number of carbonyl (C=O) groups excluding carboxylic acids is 2. The lowest BCUT2D eigenvalue weighted by Crippen LogP contribution is -2.16. The van der Waals surface area contributed by atoms with Crippen molar-refractivity contribution in [3.63, 3.8) is 0 Å². The number of amides is 2. The fourth-order valence-electron chi connectivity index (χ4n) is 2.81. The number of hydrogen-bond acceptors (Lipinski definition) is 6. The molecule has 4 aromatic rings. The third kappa shape index (κ3) is 5.37. The largest absolute Gasteiger partial charge is 0.326 e. The van der Waals surface area contributed by atoms with Crippen molar-refractivity contribution in [2.24, 2.45) is 0 Å². The predicted molar refractivity (Wildman–Crippen MR) is 118 cm³/mol. The van der Waals surface area contributed by atoms with E-state index in [0.29, 0.717) is 17.1 Å². The Labute approximate surface area is 185 Å². The highest BCUT2D eigenvalue weighted by Gasteiger charge is 2.10.